The van der Waals surface area contributed by atoms with E-state index in [9.17, 15) is 4.79 Å². The molecule has 1 heterocycles. The molecule has 1 atom stereocenters. The molecule has 1 amide bonds. The number of carbonyl (C=O) groups is 1. The van der Waals surface area contributed by atoms with Crippen LogP contribution >= 0.6 is 0 Å². The van der Waals surface area contributed by atoms with Crippen LogP contribution in [0.4, 0.5) is 5.69 Å². The maximum atomic E-state index is 12.9. The van der Waals surface area contributed by atoms with Crippen molar-refractivity contribution in [3.05, 3.63) is 65.2 Å². The van der Waals surface area contributed by atoms with Crippen LogP contribution in [0.1, 0.15) is 23.6 Å². The molecule has 0 spiro atoms. The van der Waals surface area contributed by atoms with Gasteiger partial charge in [-0.3, -0.25) is 9.69 Å². The Labute approximate surface area is 138 Å². The van der Waals surface area contributed by atoms with E-state index < -0.39 is 0 Å². The van der Waals surface area contributed by atoms with Crippen LogP contribution in [0, 0.1) is 13.8 Å². The molecule has 1 fully saturated rings. The number of rotatable bonds is 3. The summed E-state index contributed by atoms with van der Waals surface area (Å²) in [6, 6.07) is 16.6. The summed E-state index contributed by atoms with van der Waals surface area (Å²) in [5.41, 5.74) is 4.67. The van der Waals surface area contributed by atoms with Crippen LogP contribution in [-0.4, -0.2) is 29.9 Å². The molecule has 0 bridgehead atoms. The minimum absolute atomic E-state index is 0.0936. The highest BCUT2D eigenvalue weighted by atomic mass is 16.2. The van der Waals surface area contributed by atoms with Crippen molar-refractivity contribution < 1.29 is 4.79 Å². The average Bonchev–Trinajstić information content (AvgIpc) is 2.56. The average molecular weight is 308 g/mol. The van der Waals surface area contributed by atoms with Crippen LogP contribution in [0.15, 0.2) is 48.5 Å². The molecule has 0 aromatic heterocycles. The van der Waals surface area contributed by atoms with Gasteiger partial charge in [0.1, 0.15) is 0 Å². The Hall–Kier alpha value is -2.13. The number of piperazine rings is 1. The van der Waals surface area contributed by atoms with Gasteiger partial charge in [0.15, 0.2) is 0 Å². The van der Waals surface area contributed by atoms with Crippen LogP contribution in [0.25, 0.3) is 0 Å². The molecule has 3 nitrogen and oxygen atoms in total. The quantitative estimate of drug-likeness (QED) is 0.866. The van der Waals surface area contributed by atoms with Crippen molar-refractivity contribution in [3.63, 3.8) is 0 Å². The summed E-state index contributed by atoms with van der Waals surface area (Å²) < 4.78 is 0. The number of carbonyl (C=O) groups excluding carboxylic acids is 1. The number of hydrogen-bond donors (Lipinski definition) is 0. The molecule has 2 aromatic carbocycles. The van der Waals surface area contributed by atoms with E-state index in [1.807, 2.05) is 30.0 Å². The van der Waals surface area contributed by atoms with Crippen LogP contribution < -0.4 is 4.90 Å². The minimum atomic E-state index is -0.0936. The van der Waals surface area contributed by atoms with E-state index in [1.165, 1.54) is 11.1 Å². The van der Waals surface area contributed by atoms with E-state index in [1.54, 1.807) is 0 Å². The van der Waals surface area contributed by atoms with Crippen molar-refractivity contribution in [2.45, 2.75) is 33.4 Å². The van der Waals surface area contributed by atoms with E-state index in [0.717, 1.165) is 30.9 Å². The van der Waals surface area contributed by atoms with Gasteiger partial charge in [-0.15, -0.1) is 0 Å². The largest absolute Gasteiger partial charge is 0.310 e. The lowest BCUT2D eigenvalue weighted by molar-refractivity contribution is -0.125. The Bertz CT molecular complexity index is 696. The fraction of sp³-hybridized carbons (Fsp3) is 0.350. The van der Waals surface area contributed by atoms with Crippen molar-refractivity contribution in [1.29, 1.82) is 0 Å². The van der Waals surface area contributed by atoms with E-state index in [-0.39, 0.29) is 11.9 Å². The first-order valence-corrected chi connectivity index (χ1v) is 8.23. The van der Waals surface area contributed by atoms with Gasteiger partial charge in [-0.1, -0.05) is 42.5 Å². The predicted molar refractivity (Wildman–Crippen MR) is 94.6 cm³/mol. The molecule has 120 valence electrons. The summed E-state index contributed by atoms with van der Waals surface area (Å²) in [5.74, 6) is 0.195. The van der Waals surface area contributed by atoms with Gasteiger partial charge in [-0.2, -0.15) is 0 Å². The molecular weight excluding hydrogens is 284 g/mol. The van der Waals surface area contributed by atoms with E-state index in [0.29, 0.717) is 0 Å². The maximum Gasteiger partial charge on any atom is 0.244 e. The third kappa shape index (κ3) is 3.30. The highest BCUT2D eigenvalue weighted by Crippen LogP contribution is 2.26. The minimum Gasteiger partial charge on any atom is -0.310 e. The summed E-state index contributed by atoms with van der Waals surface area (Å²) in [6.07, 6.45) is 0. The second-order valence-corrected chi connectivity index (χ2v) is 6.41. The Morgan fingerprint density at radius 3 is 2.52 bits per heavy atom. The lowest BCUT2D eigenvalue weighted by Gasteiger charge is -2.39. The standard InChI is InChI=1S/C20H24N2O/c1-15-9-10-16(2)19(13-15)22-12-11-21(17(3)20(22)23)14-18-7-5-4-6-8-18/h4-10,13,17H,11-12,14H2,1-3H3. The van der Waals surface area contributed by atoms with Crippen LogP contribution in [-0.2, 0) is 11.3 Å². The zero-order chi connectivity index (χ0) is 16.4. The van der Waals surface area contributed by atoms with Gasteiger partial charge < -0.3 is 4.90 Å². The first kappa shape index (κ1) is 15.8. The first-order chi connectivity index (χ1) is 11.1. The summed E-state index contributed by atoms with van der Waals surface area (Å²) >= 11 is 0. The second kappa shape index (κ2) is 6.55. The number of benzene rings is 2. The van der Waals surface area contributed by atoms with Crippen molar-refractivity contribution in [2.75, 3.05) is 18.0 Å². The number of aryl methyl sites for hydroxylation is 2. The maximum absolute atomic E-state index is 12.9. The van der Waals surface area contributed by atoms with Gasteiger partial charge in [0.2, 0.25) is 5.91 Å². The Balaban J connectivity index is 1.77. The summed E-state index contributed by atoms with van der Waals surface area (Å²) in [6.45, 7) is 8.64. The van der Waals surface area contributed by atoms with Crippen LogP contribution in [0.3, 0.4) is 0 Å². The molecule has 0 saturated carbocycles. The third-order valence-corrected chi connectivity index (χ3v) is 4.67. The monoisotopic (exact) mass is 308 g/mol. The lowest BCUT2D eigenvalue weighted by atomic mass is 10.1. The molecule has 0 aliphatic carbocycles. The smallest absolute Gasteiger partial charge is 0.244 e. The third-order valence-electron chi connectivity index (χ3n) is 4.67. The van der Waals surface area contributed by atoms with E-state index >= 15 is 0 Å². The molecule has 3 heteroatoms. The first-order valence-electron chi connectivity index (χ1n) is 8.23. The Morgan fingerprint density at radius 1 is 1.04 bits per heavy atom. The van der Waals surface area contributed by atoms with Crippen molar-refractivity contribution >= 4 is 11.6 Å². The summed E-state index contributed by atoms with van der Waals surface area (Å²) in [5, 5.41) is 0. The number of amides is 1. The topological polar surface area (TPSA) is 23.6 Å². The second-order valence-electron chi connectivity index (χ2n) is 6.41. The van der Waals surface area contributed by atoms with E-state index in [2.05, 4.69) is 49.1 Å². The normalized spacial score (nSPS) is 19.2. The zero-order valence-corrected chi connectivity index (χ0v) is 14.1. The predicted octanol–water partition coefficient (Wildman–Crippen LogP) is 3.54. The van der Waals surface area contributed by atoms with Gasteiger partial charge in [-0.05, 0) is 43.5 Å². The fourth-order valence-electron chi connectivity index (χ4n) is 3.20. The molecule has 0 N–H and O–H groups in total. The number of anilines is 1. The van der Waals surface area contributed by atoms with Crippen molar-refractivity contribution in [2.24, 2.45) is 0 Å². The zero-order valence-electron chi connectivity index (χ0n) is 14.1. The van der Waals surface area contributed by atoms with E-state index in [4.69, 9.17) is 0 Å². The van der Waals surface area contributed by atoms with Gasteiger partial charge in [0.25, 0.3) is 0 Å². The Morgan fingerprint density at radius 2 is 1.78 bits per heavy atom. The van der Waals surface area contributed by atoms with Gasteiger partial charge >= 0.3 is 0 Å². The highest BCUT2D eigenvalue weighted by molar-refractivity contribution is 5.98. The van der Waals surface area contributed by atoms with Gasteiger partial charge in [0, 0.05) is 25.3 Å². The molecule has 1 aliphatic rings. The number of hydrogen-bond acceptors (Lipinski definition) is 2. The number of nitrogens with zero attached hydrogens (tertiary/aromatic N) is 2. The van der Waals surface area contributed by atoms with Crippen LogP contribution in [0.5, 0.6) is 0 Å². The highest BCUT2D eigenvalue weighted by Gasteiger charge is 2.32. The molecule has 1 aliphatic heterocycles. The summed E-state index contributed by atoms with van der Waals surface area (Å²) in [4.78, 5) is 17.1. The molecular formula is C20H24N2O. The van der Waals surface area contributed by atoms with Crippen molar-refractivity contribution in [1.82, 2.24) is 4.90 Å². The molecule has 1 unspecified atom stereocenters. The summed E-state index contributed by atoms with van der Waals surface area (Å²) in [7, 11) is 0. The fourth-order valence-corrected chi connectivity index (χ4v) is 3.20. The SMILES string of the molecule is Cc1ccc(C)c(N2CCN(Cc3ccccc3)C(C)C2=O)c1. The molecule has 2 aromatic rings. The Kier molecular flexibility index (Phi) is 4.49. The molecule has 3 rings (SSSR count). The molecule has 1 saturated heterocycles. The lowest BCUT2D eigenvalue weighted by Crippen LogP contribution is -2.55. The molecule has 23 heavy (non-hydrogen) atoms. The molecule has 0 radical (unpaired) electrons. The van der Waals surface area contributed by atoms with Gasteiger partial charge in [-0.25, -0.2) is 0 Å². The van der Waals surface area contributed by atoms with Gasteiger partial charge in [0.05, 0.1) is 6.04 Å². The van der Waals surface area contributed by atoms with Crippen molar-refractivity contribution in [3.8, 4) is 0 Å². The van der Waals surface area contributed by atoms with Crippen LogP contribution in [0.2, 0.25) is 0 Å².